The number of hydrogen-bond acceptors (Lipinski definition) is 3. The Morgan fingerprint density at radius 1 is 1.30 bits per heavy atom. The molecular weight excluding hydrogens is 358 g/mol. The third-order valence-electron chi connectivity index (χ3n) is 6.40. The van der Waals surface area contributed by atoms with Gasteiger partial charge in [0.2, 0.25) is 0 Å². The van der Waals surface area contributed by atoms with Crippen LogP contribution >= 0.6 is 15.9 Å². The van der Waals surface area contributed by atoms with E-state index in [1.165, 1.54) is 44.4 Å². The summed E-state index contributed by atoms with van der Waals surface area (Å²) in [5.74, 6) is 3.84. The van der Waals surface area contributed by atoms with Gasteiger partial charge in [-0.05, 0) is 90.6 Å². The molecule has 1 heterocycles. The standard InChI is InChI=1S/C18H22BrNO3/c1-9(20-17(21)13-7-15(19)18(22)23-8-13)16-12-3-2-11-4-10(5-12)6-14(11)16/h7-12,14,16H,2-6H2,1H3,(H,20,21)/t9-,10-,11+,12-,14+,16-/m0/s1. The zero-order valence-electron chi connectivity index (χ0n) is 13.3. The maximum atomic E-state index is 12.5. The highest BCUT2D eigenvalue weighted by Gasteiger charge is 2.51. The second kappa shape index (κ2) is 5.76. The number of nitrogens with one attached hydrogen (secondary N) is 1. The molecule has 0 aromatic carbocycles. The smallest absolute Gasteiger partial charge is 0.350 e. The largest absolute Gasteiger partial charge is 0.430 e. The molecule has 0 spiro atoms. The van der Waals surface area contributed by atoms with E-state index in [1.54, 1.807) is 0 Å². The number of carbonyl (C=O) groups is 1. The van der Waals surface area contributed by atoms with Crippen LogP contribution in [0.2, 0.25) is 0 Å². The Labute approximate surface area is 144 Å². The van der Waals surface area contributed by atoms with Gasteiger partial charge in [0.1, 0.15) is 10.7 Å². The molecule has 4 nitrogen and oxygen atoms in total. The van der Waals surface area contributed by atoms with Gasteiger partial charge in [0.15, 0.2) is 0 Å². The van der Waals surface area contributed by atoms with Crippen molar-refractivity contribution in [1.29, 1.82) is 0 Å². The van der Waals surface area contributed by atoms with Gasteiger partial charge in [-0.25, -0.2) is 4.79 Å². The number of halogens is 1. The van der Waals surface area contributed by atoms with Gasteiger partial charge in [-0.3, -0.25) is 4.79 Å². The van der Waals surface area contributed by atoms with Crippen molar-refractivity contribution >= 4 is 21.8 Å². The van der Waals surface area contributed by atoms with Gasteiger partial charge < -0.3 is 9.73 Å². The number of hydrogen-bond donors (Lipinski definition) is 1. The first-order valence-corrected chi connectivity index (χ1v) is 9.41. The number of amides is 1. The van der Waals surface area contributed by atoms with Crippen molar-refractivity contribution in [1.82, 2.24) is 5.32 Å². The van der Waals surface area contributed by atoms with E-state index in [1.807, 2.05) is 0 Å². The van der Waals surface area contributed by atoms with E-state index in [0.29, 0.717) is 11.5 Å². The molecule has 23 heavy (non-hydrogen) atoms. The first-order valence-electron chi connectivity index (χ1n) is 8.62. The van der Waals surface area contributed by atoms with E-state index >= 15 is 0 Å². The summed E-state index contributed by atoms with van der Waals surface area (Å²) in [5, 5.41) is 3.16. The molecule has 1 aromatic heterocycles. The summed E-state index contributed by atoms with van der Waals surface area (Å²) < 4.78 is 5.16. The number of fused-ring (bicyclic) bond motifs is 2. The summed E-state index contributed by atoms with van der Waals surface area (Å²) in [6.07, 6.45) is 8.08. The van der Waals surface area contributed by atoms with Gasteiger partial charge in [0.25, 0.3) is 5.91 Å². The molecule has 0 radical (unpaired) electrons. The van der Waals surface area contributed by atoms with Crippen molar-refractivity contribution in [3.8, 4) is 0 Å². The average molecular weight is 380 g/mol. The summed E-state index contributed by atoms with van der Waals surface area (Å²) in [5.41, 5.74) is -0.0650. The Morgan fingerprint density at radius 2 is 2.04 bits per heavy atom. The molecule has 3 saturated carbocycles. The van der Waals surface area contributed by atoms with Crippen molar-refractivity contribution in [3.63, 3.8) is 0 Å². The fourth-order valence-electron chi connectivity index (χ4n) is 5.63. The minimum absolute atomic E-state index is 0.155. The van der Waals surface area contributed by atoms with Crippen LogP contribution in [0, 0.1) is 29.6 Å². The number of rotatable bonds is 3. The fraction of sp³-hybridized carbons (Fsp3) is 0.667. The molecule has 3 fully saturated rings. The van der Waals surface area contributed by atoms with Gasteiger partial charge in [-0.2, -0.15) is 0 Å². The van der Waals surface area contributed by atoms with Crippen LogP contribution in [0.25, 0.3) is 0 Å². The average Bonchev–Trinajstić information content (AvgIpc) is 2.72. The molecule has 6 atom stereocenters. The molecule has 3 bridgehead atoms. The maximum Gasteiger partial charge on any atom is 0.350 e. The summed E-state index contributed by atoms with van der Waals surface area (Å²) in [4.78, 5) is 23.8. The summed E-state index contributed by atoms with van der Waals surface area (Å²) in [7, 11) is 0. The molecule has 1 aromatic rings. The molecule has 0 aliphatic heterocycles. The third-order valence-corrected chi connectivity index (χ3v) is 6.95. The van der Waals surface area contributed by atoms with E-state index in [2.05, 4.69) is 28.2 Å². The Hall–Kier alpha value is -1.10. The molecule has 3 aliphatic carbocycles. The predicted octanol–water partition coefficient (Wildman–Crippen LogP) is 3.59. The lowest BCUT2D eigenvalue weighted by atomic mass is 9.62. The SMILES string of the molecule is C[C@H](NC(=O)c1coc(=O)c(Br)c1)[C@H]1[C@H]2CC[C@@H]3C[C@@H](C2)C[C@H]31. The molecule has 1 N–H and O–H groups in total. The minimum Gasteiger partial charge on any atom is -0.430 e. The normalized spacial score (nSPS) is 36.0. The van der Waals surface area contributed by atoms with Crippen LogP contribution in [-0.4, -0.2) is 11.9 Å². The zero-order valence-corrected chi connectivity index (χ0v) is 14.8. The summed E-state index contributed by atoms with van der Waals surface area (Å²) in [6.45, 7) is 2.14. The van der Waals surface area contributed by atoms with E-state index in [-0.39, 0.29) is 16.4 Å². The molecule has 0 unspecified atom stereocenters. The molecule has 4 rings (SSSR count). The Balaban J connectivity index is 1.49. The zero-order chi connectivity index (χ0) is 16.1. The van der Waals surface area contributed by atoms with E-state index in [0.717, 1.165) is 23.7 Å². The van der Waals surface area contributed by atoms with Crippen LogP contribution in [0.3, 0.4) is 0 Å². The summed E-state index contributed by atoms with van der Waals surface area (Å²) >= 11 is 3.12. The third kappa shape index (κ3) is 2.67. The first-order chi connectivity index (χ1) is 11.0. The summed E-state index contributed by atoms with van der Waals surface area (Å²) in [6, 6.07) is 1.71. The highest BCUT2D eigenvalue weighted by Crippen LogP contribution is 2.58. The fourth-order valence-corrected chi connectivity index (χ4v) is 5.97. The minimum atomic E-state index is -0.462. The van der Waals surface area contributed by atoms with E-state index < -0.39 is 5.63 Å². The monoisotopic (exact) mass is 379 g/mol. The van der Waals surface area contributed by atoms with Gasteiger partial charge in [0, 0.05) is 6.04 Å². The van der Waals surface area contributed by atoms with Gasteiger partial charge in [-0.15, -0.1) is 0 Å². The molecule has 5 heteroatoms. The van der Waals surface area contributed by atoms with Crippen molar-refractivity contribution in [2.75, 3.05) is 0 Å². The predicted molar refractivity (Wildman–Crippen MR) is 90.1 cm³/mol. The maximum absolute atomic E-state index is 12.5. The van der Waals surface area contributed by atoms with Crippen molar-refractivity contribution in [3.05, 3.63) is 32.8 Å². The second-order valence-electron chi connectivity index (χ2n) is 7.64. The van der Waals surface area contributed by atoms with Crippen molar-refractivity contribution in [2.45, 2.75) is 45.1 Å². The lowest BCUT2D eigenvalue weighted by molar-refractivity contribution is 0.0518. The molecular formula is C18H22BrNO3. The van der Waals surface area contributed by atoms with Crippen LogP contribution in [0.4, 0.5) is 0 Å². The van der Waals surface area contributed by atoms with Crippen molar-refractivity contribution < 1.29 is 9.21 Å². The van der Waals surface area contributed by atoms with E-state index in [4.69, 9.17) is 4.42 Å². The lowest BCUT2D eigenvalue weighted by Gasteiger charge is -2.45. The van der Waals surface area contributed by atoms with Crippen LogP contribution in [0.15, 0.2) is 26.0 Å². The quantitative estimate of drug-likeness (QED) is 0.872. The van der Waals surface area contributed by atoms with Gasteiger partial charge >= 0.3 is 5.63 Å². The molecule has 3 aliphatic rings. The van der Waals surface area contributed by atoms with Crippen LogP contribution in [0.1, 0.15) is 49.4 Å². The topological polar surface area (TPSA) is 59.3 Å². The van der Waals surface area contributed by atoms with Gasteiger partial charge in [0.05, 0.1) is 5.56 Å². The van der Waals surface area contributed by atoms with Crippen LogP contribution < -0.4 is 10.9 Å². The Kier molecular flexibility index (Phi) is 3.87. The highest BCUT2D eigenvalue weighted by atomic mass is 79.9. The first kappa shape index (κ1) is 15.4. The van der Waals surface area contributed by atoms with Crippen LogP contribution in [0.5, 0.6) is 0 Å². The Morgan fingerprint density at radius 3 is 2.83 bits per heavy atom. The van der Waals surface area contributed by atoms with Crippen molar-refractivity contribution in [2.24, 2.45) is 29.6 Å². The molecule has 0 saturated heterocycles. The lowest BCUT2D eigenvalue weighted by Crippen LogP contribution is -2.48. The molecule has 124 valence electrons. The molecule has 1 amide bonds. The van der Waals surface area contributed by atoms with Gasteiger partial charge in [-0.1, -0.05) is 0 Å². The highest BCUT2D eigenvalue weighted by molar-refractivity contribution is 9.10. The van der Waals surface area contributed by atoms with E-state index in [9.17, 15) is 9.59 Å². The van der Waals surface area contributed by atoms with Crippen LogP contribution in [-0.2, 0) is 0 Å². The Bertz CT molecular complexity index is 685. The number of carbonyl (C=O) groups excluding carboxylic acids is 1. The second-order valence-corrected chi connectivity index (χ2v) is 8.50.